The number of aliphatic hydroxyl groups is 1. The van der Waals surface area contributed by atoms with E-state index in [4.69, 9.17) is 4.74 Å². The summed E-state index contributed by atoms with van der Waals surface area (Å²) in [6.45, 7) is 5.76. The molecule has 0 saturated carbocycles. The van der Waals surface area contributed by atoms with Crippen LogP contribution >= 0.6 is 0 Å². The first-order valence-corrected chi connectivity index (χ1v) is 7.42. The van der Waals surface area contributed by atoms with E-state index in [0.29, 0.717) is 12.1 Å². The molecule has 0 aliphatic carbocycles. The van der Waals surface area contributed by atoms with E-state index in [9.17, 15) is 20.0 Å². The third-order valence-electron chi connectivity index (χ3n) is 3.38. The molecular weight excluding hydrogens is 318 g/mol. The minimum Gasteiger partial charge on any atom is -0.468 e. The highest BCUT2D eigenvalue weighted by Gasteiger charge is 2.24. The molecule has 0 aliphatic rings. The molecule has 1 aromatic heterocycles. The molecule has 24 heavy (non-hydrogen) atoms. The SMILES string of the molecule is COC(=O)C(CC(C)C)NCC(O)Cn1c(C)cnc1[N+](=O)[O-].N. The predicted molar refractivity (Wildman–Crippen MR) is 87.9 cm³/mol. The number of hydrogen-bond acceptors (Lipinski definition) is 8. The van der Waals surface area contributed by atoms with Crippen molar-refractivity contribution in [3.05, 3.63) is 22.0 Å². The van der Waals surface area contributed by atoms with Gasteiger partial charge in [-0.15, -0.1) is 0 Å². The van der Waals surface area contributed by atoms with Crippen LogP contribution in [0.25, 0.3) is 0 Å². The Balaban J connectivity index is 0.00000529. The average Bonchev–Trinajstić information content (AvgIpc) is 2.83. The van der Waals surface area contributed by atoms with Crippen molar-refractivity contribution in [2.45, 2.75) is 45.9 Å². The molecule has 0 spiro atoms. The Morgan fingerprint density at radius 1 is 1.54 bits per heavy atom. The molecule has 0 aliphatic heterocycles. The van der Waals surface area contributed by atoms with Gasteiger partial charge in [0.25, 0.3) is 0 Å². The first-order chi connectivity index (χ1) is 10.8. The smallest absolute Gasteiger partial charge is 0.434 e. The van der Waals surface area contributed by atoms with Crippen molar-refractivity contribution in [2.24, 2.45) is 5.92 Å². The standard InChI is InChI=1S/C14H24N4O5.H3N/c1-9(2)5-12(13(20)23-4)15-7-11(19)8-17-10(3)6-16-14(17)18(21)22;/h6,9,11-12,15,19H,5,7-8H2,1-4H3;1H3. The zero-order valence-corrected chi connectivity index (χ0v) is 14.6. The molecule has 138 valence electrons. The Bertz CT molecular complexity index is 546. The van der Waals surface area contributed by atoms with Crippen molar-refractivity contribution in [1.82, 2.24) is 21.0 Å². The summed E-state index contributed by atoms with van der Waals surface area (Å²) in [4.78, 5) is 25.7. The number of nitrogens with one attached hydrogen (secondary N) is 1. The summed E-state index contributed by atoms with van der Waals surface area (Å²) in [5, 5.41) is 24.0. The molecule has 0 radical (unpaired) electrons. The number of aliphatic hydroxyl groups excluding tert-OH is 1. The summed E-state index contributed by atoms with van der Waals surface area (Å²) in [6, 6.07) is -0.520. The maximum Gasteiger partial charge on any atom is 0.434 e. The van der Waals surface area contributed by atoms with Crippen molar-refractivity contribution in [2.75, 3.05) is 13.7 Å². The lowest BCUT2D eigenvalue weighted by Gasteiger charge is -2.20. The van der Waals surface area contributed by atoms with Crippen molar-refractivity contribution >= 4 is 11.9 Å². The van der Waals surface area contributed by atoms with Gasteiger partial charge in [0.15, 0.2) is 0 Å². The Kier molecular flexibility index (Phi) is 9.11. The number of hydrogen-bond donors (Lipinski definition) is 3. The molecule has 0 bridgehead atoms. The molecular formula is C14H27N5O5. The fraction of sp³-hybridized carbons (Fsp3) is 0.714. The van der Waals surface area contributed by atoms with E-state index in [-0.39, 0.29) is 31.1 Å². The van der Waals surface area contributed by atoms with Gasteiger partial charge in [-0.05, 0) is 24.2 Å². The first-order valence-electron chi connectivity index (χ1n) is 7.42. The molecule has 10 heteroatoms. The number of nitrogens with zero attached hydrogens (tertiary/aromatic N) is 3. The number of imidazole rings is 1. The van der Waals surface area contributed by atoms with Gasteiger partial charge in [-0.2, -0.15) is 0 Å². The molecule has 5 N–H and O–H groups in total. The van der Waals surface area contributed by atoms with Crippen LogP contribution in [0.5, 0.6) is 0 Å². The molecule has 2 unspecified atom stereocenters. The van der Waals surface area contributed by atoms with Gasteiger partial charge in [0.05, 0.1) is 19.8 Å². The molecule has 0 aromatic carbocycles. The first kappa shape index (κ1) is 22.0. The highest BCUT2D eigenvalue weighted by atomic mass is 16.6. The van der Waals surface area contributed by atoms with Crippen LogP contribution in [0.2, 0.25) is 0 Å². The van der Waals surface area contributed by atoms with Crippen LogP contribution in [0.3, 0.4) is 0 Å². The minimum absolute atomic E-state index is 0. The maximum atomic E-state index is 11.7. The van der Waals surface area contributed by atoms with Crippen molar-refractivity contribution in [3.8, 4) is 0 Å². The van der Waals surface area contributed by atoms with Crippen molar-refractivity contribution in [1.29, 1.82) is 0 Å². The summed E-state index contributed by atoms with van der Waals surface area (Å²) >= 11 is 0. The van der Waals surface area contributed by atoms with Crippen molar-refractivity contribution in [3.63, 3.8) is 0 Å². The topological polar surface area (TPSA) is 155 Å². The van der Waals surface area contributed by atoms with Gasteiger partial charge < -0.3 is 31.4 Å². The summed E-state index contributed by atoms with van der Waals surface area (Å²) in [7, 11) is 1.31. The van der Waals surface area contributed by atoms with E-state index in [1.54, 1.807) is 6.92 Å². The van der Waals surface area contributed by atoms with Crippen LogP contribution in [0, 0.1) is 23.0 Å². The number of aromatic nitrogens is 2. The minimum atomic E-state index is -0.902. The highest BCUT2D eigenvalue weighted by Crippen LogP contribution is 2.13. The van der Waals surface area contributed by atoms with E-state index in [1.165, 1.54) is 17.9 Å². The molecule has 1 rings (SSSR count). The zero-order valence-electron chi connectivity index (χ0n) is 14.6. The molecule has 0 saturated heterocycles. The largest absolute Gasteiger partial charge is 0.468 e. The van der Waals surface area contributed by atoms with E-state index in [2.05, 4.69) is 10.3 Å². The third-order valence-corrected chi connectivity index (χ3v) is 3.38. The van der Waals surface area contributed by atoms with Gasteiger partial charge in [-0.25, -0.2) is 4.57 Å². The van der Waals surface area contributed by atoms with E-state index in [1.807, 2.05) is 13.8 Å². The average molecular weight is 345 g/mol. The fourth-order valence-electron chi connectivity index (χ4n) is 2.25. The highest BCUT2D eigenvalue weighted by molar-refractivity contribution is 5.75. The predicted octanol–water partition coefficient (Wildman–Crippen LogP) is 0.800. The molecule has 1 heterocycles. The normalized spacial score (nSPS) is 13.2. The lowest BCUT2D eigenvalue weighted by molar-refractivity contribution is -0.397. The summed E-state index contributed by atoms with van der Waals surface area (Å²) < 4.78 is 6.07. The van der Waals surface area contributed by atoms with E-state index < -0.39 is 23.0 Å². The van der Waals surface area contributed by atoms with Gasteiger partial charge in [0.2, 0.25) is 0 Å². The van der Waals surface area contributed by atoms with Gasteiger partial charge in [-0.1, -0.05) is 18.8 Å². The quantitative estimate of drug-likeness (QED) is 0.337. The van der Waals surface area contributed by atoms with Gasteiger partial charge >= 0.3 is 11.9 Å². The van der Waals surface area contributed by atoms with Gasteiger partial charge in [-0.3, -0.25) is 4.79 Å². The van der Waals surface area contributed by atoms with Gasteiger partial charge in [0, 0.05) is 6.54 Å². The van der Waals surface area contributed by atoms with Crippen LogP contribution in [-0.4, -0.2) is 51.4 Å². The number of carbonyl (C=O) groups excluding carboxylic acids is 1. The molecule has 0 fully saturated rings. The van der Waals surface area contributed by atoms with E-state index >= 15 is 0 Å². The molecule has 1 aromatic rings. The Morgan fingerprint density at radius 2 is 2.17 bits per heavy atom. The van der Waals surface area contributed by atoms with E-state index in [0.717, 1.165) is 0 Å². The fourth-order valence-corrected chi connectivity index (χ4v) is 2.25. The lowest BCUT2D eigenvalue weighted by Crippen LogP contribution is -2.43. The Hall–Kier alpha value is -2.04. The van der Waals surface area contributed by atoms with Gasteiger partial charge in [0.1, 0.15) is 17.9 Å². The molecule has 10 nitrogen and oxygen atoms in total. The van der Waals surface area contributed by atoms with Crippen LogP contribution < -0.4 is 11.5 Å². The summed E-state index contributed by atoms with van der Waals surface area (Å²) in [5.74, 6) is -0.426. The summed E-state index contributed by atoms with van der Waals surface area (Å²) in [6.07, 6.45) is 1.05. The molecule has 2 atom stereocenters. The lowest BCUT2D eigenvalue weighted by atomic mass is 10.0. The second-order valence-corrected chi connectivity index (χ2v) is 5.83. The Labute approximate surface area is 140 Å². The number of carbonyl (C=O) groups is 1. The zero-order chi connectivity index (χ0) is 17.6. The number of nitro groups is 1. The van der Waals surface area contributed by atoms with Crippen molar-refractivity contribution < 1.29 is 19.6 Å². The Morgan fingerprint density at radius 3 is 2.67 bits per heavy atom. The number of ether oxygens (including phenoxy) is 1. The van der Waals surface area contributed by atoms with Crippen LogP contribution in [0.15, 0.2) is 6.20 Å². The number of aryl methyl sites for hydroxylation is 1. The van der Waals surface area contributed by atoms with Crippen LogP contribution in [0.4, 0.5) is 5.95 Å². The second kappa shape index (κ2) is 9.96. The van der Waals surface area contributed by atoms with Crippen LogP contribution in [-0.2, 0) is 16.1 Å². The monoisotopic (exact) mass is 345 g/mol. The molecule has 0 amide bonds. The second-order valence-electron chi connectivity index (χ2n) is 5.83. The number of rotatable bonds is 9. The number of methoxy groups -OCH3 is 1. The van der Waals surface area contributed by atoms with Crippen LogP contribution in [0.1, 0.15) is 26.0 Å². The summed E-state index contributed by atoms with van der Waals surface area (Å²) in [5.41, 5.74) is 0.586. The maximum absolute atomic E-state index is 11.7. The number of esters is 1. The third kappa shape index (κ3) is 6.22.